The Labute approximate surface area is 123 Å². The van der Waals surface area contributed by atoms with Crippen molar-refractivity contribution >= 4 is 27.6 Å². The molecule has 0 heterocycles. The van der Waals surface area contributed by atoms with Gasteiger partial charge in [0, 0.05) is 4.47 Å². The smallest absolute Gasteiger partial charge is 0.328 e. The maximum absolute atomic E-state index is 12.0. The number of anilines is 1. The van der Waals surface area contributed by atoms with Crippen LogP contribution in [0.15, 0.2) is 16.6 Å². The van der Waals surface area contributed by atoms with Gasteiger partial charge >= 0.3 is 5.97 Å². The topological polar surface area (TPSA) is 38.3 Å². The van der Waals surface area contributed by atoms with E-state index in [1.165, 1.54) is 5.56 Å². The number of benzene rings is 1. The molecule has 0 aliphatic heterocycles. The van der Waals surface area contributed by atoms with Crippen molar-refractivity contribution in [1.82, 2.24) is 0 Å². The van der Waals surface area contributed by atoms with E-state index in [2.05, 4.69) is 27.3 Å². The molecule has 0 bridgehead atoms. The Kier molecular flexibility index (Phi) is 5.02. The predicted octanol–water partition coefficient (Wildman–Crippen LogP) is 4.21. The van der Waals surface area contributed by atoms with Crippen molar-refractivity contribution < 1.29 is 9.53 Å². The number of nitrogens with one attached hydrogen (secondary N) is 1. The van der Waals surface area contributed by atoms with E-state index in [9.17, 15) is 4.79 Å². The van der Waals surface area contributed by atoms with Crippen molar-refractivity contribution in [1.29, 1.82) is 0 Å². The molecule has 1 aromatic carbocycles. The quantitative estimate of drug-likeness (QED) is 0.845. The summed E-state index contributed by atoms with van der Waals surface area (Å²) in [7, 11) is 0. The molecule has 1 atom stereocenters. The number of hydrogen-bond acceptors (Lipinski definition) is 3. The molecule has 3 nitrogen and oxygen atoms in total. The van der Waals surface area contributed by atoms with Crippen LogP contribution in [0.2, 0.25) is 0 Å². The molecule has 0 amide bonds. The third-order valence-electron chi connectivity index (χ3n) is 2.55. The fourth-order valence-corrected chi connectivity index (χ4v) is 2.55. The van der Waals surface area contributed by atoms with E-state index in [1.54, 1.807) is 6.92 Å². The average Bonchev–Trinajstić information content (AvgIpc) is 2.20. The van der Waals surface area contributed by atoms with Crippen LogP contribution in [-0.4, -0.2) is 17.6 Å². The fourth-order valence-electron chi connectivity index (χ4n) is 1.76. The van der Waals surface area contributed by atoms with Crippen LogP contribution in [0.25, 0.3) is 0 Å². The predicted molar refractivity (Wildman–Crippen MR) is 82.5 cm³/mol. The van der Waals surface area contributed by atoms with Crippen molar-refractivity contribution in [2.45, 2.75) is 53.2 Å². The molecule has 0 fully saturated rings. The van der Waals surface area contributed by atoms with Crippen LogP contribution < -0.4 is 5.32 Å². The van der Waals surface area contributed by atoms with Crippen molar-refractivity contribution in [3.8, 4) is 0 Å². The third-order valence-corrected chi connectivity index (χ3v) is 3.18. The van der Waals surface area contributed by atoms with Gasteiger partial charge in [-0.3, -0.25) is 0 Å². The Morgan fingerprint density at radius 3 is 2.37 bits per heavy atom. The average molecular weight is 328 g/mol. The summed E-state index contributed by atoms with van der Waals surface area (Å²) in [6.45, 7) is 11.5. The summed E-state index contributed by atoms with van der Waals surface area (Å²) in [5.74, 6) is -0.251. The van der Waals surface area contributed by atoms with Gasteiger partial charge in [0.05, 0.1) is 5.69 Å². The highest BCUT2D eigenvalue weighted by atomic mass is 79.9. The van der Waals surface area contributed by atoms with Crippen LogP contribution in [0.4, 0.5) is 5.69 Å². The minimum atomic E-state index is -0.466. The Morgan fingerprint density at radius 2 is 1.89 bits per heavy atom. The molecule has 0 saturated heterocycles. The number of ether oxygens (including phenoxy) is 1. The van der Waals surface area contributed by atoms with Gasteiger partial charge in [-0.25, -0.2) is 4.79 Å². The first-order valence-corrected chi connectivity index (χ1v) is 7.15. The Morgan fingerprint density at radius 1 is 1.32 bits per heavy atom. The zero-order valence-corrected chi connectivity index (χ0v) is 14.0. The zero-order valence-electron chi connectivity index (χ0n) is 12.4. The Balaban J connectivity index is 2.83. The summed E-state index contributed by atoms with van der Waals surface area (Å²) >= 11 is 3.52. The lowest BCUT2D eigenvalue weighted by molar-refractivity contribution is -0.155. The second-order valence-corrected chi connectivity index (χ2v) is 6.69. The lowest BCUT2D eigenvalue weighted by Gasteiger charge is -2.24. The second-order valence-electron chi connectivity index (χ2n) is 5.84. The SMILES string of the molecule is Cc1cc(C)c(NC(C)C(=O)OC(C)(C)C)c(Br)c1. The normalized spacial score (nSPS) is 13.0. The molecule has 0 radical (unpaired) electrons. The number of rotatable bonds is 3. The van der Waals surface area contributed by atoms with Crippen LogP contribution in [0.5, 0.6) is 0 Å². The molecular weight excluding hydrogens is 306 g/mol. The van der Waals surface area contributed by atoms with Crippen molar-refractivity contribution in [2.75, 3.05) is 5.32 Å². The zero-order chi connectivity index (χ0) is 14.8. The van der Waals surface area contributed by atoms with Crippen LogP contribution >= 0.6 is 15.9 Å². The number of carbonyl (C=O) groups is 1. The van der Waals surface area contributed by atoms with Gasteiger partial charge in [0.2, 0.25) is 0 Å². The van der Waals surface area contributed by atoms with Gasteiger partial charge in [-0.1, -0.05) is 6.07 Å². The fraction of sp³-hybridized carbons (Fsp3) is 0.533. The van der Waals surface area contributed by atoms with E-state index in [0.29, 0.717) is 0 Å². The van der Waals surface area contributed by atoms with Gasteiger partial charge in [0.1, 0.15) is 11.6 Å². The largest absolute Gasteiger partial charge is 0.458 e. The van der Waals surface area contributed by atoms with E-state index in [1.807, 2.05) is 40.7 Å². The highest BCUT2D eigenvalue weighted by Crippen LogP contribution is 2.28. The molecule has 106 valence electrons. The highest BCUT2D eigenvalue weighted by Gasteiger charge is 2.22. The van der Waals surface area contributed by atoms with Gasteiger partial charge < -0.3 is 10.1 Å². The minimum Gasteiger partial charge on any atom is -0.458 e. The monoisotopic (exact) mass is 327 g/mol. The lowest BCUT2D eigenvalue weighted by atomic mass is 10.1. The molecule has 4 heteroatoms. The summed E-state index contributed by atoms with van der Waals surface area (Å²) in [5.41, 5.74) is 2.75. The molecule has 1 unspecified atom stereocenters. The lowest BCUT2D eigenvalue weighted by Crippen LogP contribution is -2.34. The van der Waals surface area contributed by atoms with Gasteiger partial charge in [-0.15, -0.1) is 0 Å². The van der Waals surface area contributed by atoms with E-state index in [0.717, 1.165) is 15.7 Å². The molecule has 0 saturated carbocycles. The number of hydrogen-bond donors (Lipinski definition) is 1. The second kappa shape index (κ2) is 5.95. The van der Waals surface area contributed by atoms with Gasteiger partial charge in [0.25, 0.3) is 0 Å². The number of halogens is 1. The summed E-state index contributed by atoms with van der Waals surface area (Å²) < 4.78 is 6.32. The van der Waals surface area contributed by atoms with Gasteiger partial charge in [-0.2, -0.15) is 0 Å². The van der Waals surface area contributed by atoms with E-state index in [4.69, 9.17) is 4.74 Å². The number of esters is 1. The molecule has 0 aliphatic carbocycles. The third kappa shape index (κ3) is 4.86. The molecule has 1 N–H and O–H groups in total. The Hall–Kier alpha value is -1.03. The Bertz CT molecular complexity index is 455. The first-order chi connectivity index (χ1) is 8.60. The number of carbonyl (C=O) groups excluding carboxylic acids is 1. The maximum Gasteiger partial charge on any atom is 0.328 e. The van der Waals surface area contributed by atoms with Crippen molar-refractivity contribution in [2.24, 2.45) is 0 Å². The standard InChI is InChI=1S/C15H22BrNO2/c1-9-7-10(2)13(12(16)8-9)17-11(3)14(18)19-15(4,5)6/h7-8,11,17H,1-6H3. The molecule has 19 heavy (non-hydrogen) atoms. The van der Waals surface area contributed by atoms with Crippen LogP contribution in [-0.2, 0) is 9.53 Å². The minimum absolute atomic E-state index is 0.251. The molecule has 0 aromatic heterocycles. The van der Waals surface area contributed by atoms with E-state index < -0.39 is 11.6 Å². The first kappa shape index (κ1) is 16.0. The first-order valence-electron chi connectivity index (χ1n) is 6.36. The molecule has 1 aromatic rings. The van der Waals surface area contributed by atoms with E-state index >= 15 is 0 Å². The highest BCUT2D eigenvalue weighted by molar-refractivity contribution is 9.10. The molecule has 1 rings (SSSR count). The van der Waals surface area contributed by atoms with E-state index in [-0.39, 0.29) is 5.97 Å². The molecule has 0 aliphatic rings. The maximum atomic E-state index is 12.0. The number of aryl methyl sites for hydroxylation is 2. The summed E-state index contributed by atoms with van der Waals surface area (Å²) in [4.78, 5) is 12.0. The van der Waals surface area contributed by atoms with Crippen molar-refractivity contribution in [3.63, 3.8) is 0 Å². The van der Waals surface area contributed by atoms with Crippen molar-refractivity contribution in [3.05, 3.63) is 27.7 Å². The molecular formula is C15H22BrNO2. The van der Waals surface area contributed by atoms with Crippen LogP contribution in [0, 0.1) is 13.8 Å². The summed E-state index contributed by atoms with van der Waals surface area (Å²) in [6, 6.07) is 3.71. The van der Waals surface area contributed by atoms with Crippen LogP contribution in [0.1, 0.15) is 38.8 Å². The summed E-state index contributed by atoms with van der Waals surface area (Å²) in [6.07, 6.45) is 0. The van der Waals surface area contributed by atoms with Gasteiger partial charge in [0.15, 0.2) is 0 Å². The summed E-state index contributed by atoms with van der Waals surface area (Å²) in [5, 5.41) is 3.21. The van der Waals surface area contributed by atoms with Crippen LogP contribution in [0.3, 0.4) is 0 Å². The van der Waals surface area contributed by atoms with Gasteiger partial charge in [-0.05, 0) is 74.7 Å². The molecule has 0 spiro atoms.